The fourth-order valence-corrected chi connectivity index (χ4v) is 2.65. The summed E-state index contributed by atoms with van der Waals surface area (Å²) in [6, 6.07) is 5.97. The van der Waals surface area contributed by atoms with Gasteiger partial charge >= 0.3 is 12.1 Å². The van der Waals surface area contributed by atoms with Gasteiger partial charge in [-0.05, 0) is 62.8 Å². The van der Waals surface area contributed by atoms with Crippen molar-refractivity contribution in [2.45, 2.75) is 51.7 Å². The number of carbonyl (C=O) groups excluding carboxylic acids is 1. The Bertz CT molecular complexity index is 628. The highest BCUT2D eigenvalue weighted by atomic mass is 16.6. The average molecular weight is 317 g/mol. The summed E-state index contributed by atoms with van der Waals surface area (Å²) < 4.78 is 5.29. The molecule has 0 aromatic heterocycles. The van der Waals surface area contributed by atoms with Crippen molar-refractivity contribution in [1.29, 1.82) is 0 Å². The highest BCUT2D eigenvalue weighted by Gasteiger charge is 2.23. The van der Waals surface area contributed by atoms with E-state index in [9.17, 15) is 9.59 Å². The van der Waals surface area contributed by atoms with E-state index in [-0.39, 0.29) is 6.04 Å². The molecule has 124 valence electrons. The largest absolute Gasteiger partial charge is 0.478 e. The number of hydrogen-bond acceptors (Lipinski definition) is 3. The van der Waals surface area contributed by atoms with Crippen LogP contribution in [0.5, 0.6) is 0 Å². The van der Waals surface area contributed by atoms with Crippen LogP contribution in [0.15, 0.2) is 24.3 Å². The van der Waals surface area contributed by atoms with Gasteiger partial charge in [-0.15, -0.1) is 0 Å². The number of ether oxygens (including phenoxy) is 1. The van der Waals surface area contributed by atoms with E-state index in [1.165, 1.54) is 5.56 Å². The van der Waals surface area contributed by atoms with E-state index < -0.39 is 17.7 Å². The van der Waals surface area contributed by atoms with Crippen molar-refractivity contribution in [3.05, 3.63) is 41.0 Å². The molecule has 0 saturated heterocycles. The van der Waals surface area contributed by atoms with Gasteiger partial charge in [-0.25, -0.2) is 9.59 Å². The lowest BCUT2D eigenvalue weighted by Crippen LogP contribution is -2.41. The smallest absolute Gasteiger partial charge is 0.407 e. The molecule has 1 aliphatic carbocycles. The maximum absolute atomic E-state index is 11.9. The number of hydrogen-bond donors (Lipinski definition) is 2. The van der Waals surface area contributed by atoms with Gasteiger partial charge in [-0.1, -0.05) is 18.2 Å². The van der Waals surface area contributed by atoms with Crippen molar-refractivity contribution in [3.63, 3.8) is 0 Å². The molecule has 1 aromatic rings. The molecule has 1 aliphatic rings. The Morgan fingerprint density at radius 1 is 1.30 bits per heavy atom. The molecular formula is C18H23NO4. The highest BCUT2D eigenvalue weighted by Crippen LogP contribution is 2.23. The molecule has 1 aromatic carbocycles. The Labute approximate surface area is 136 Å². The van der Waals surface area contributed by atoms with Crippen molar-refractivity contribution in [2.24, 2.45) is 0 Å². The number of benzene rings is 1. The van der Waals surface area contributed by atoms with E-state index >= 15 is 0 Å². The zero-order valence-corrected chi connectivity index (χ0v) is 13.8. The van der Waals surface area contributed by atoms with Crippen LogP contribution in [-0.4, -0.2) is 28.8 Å². The minimum atomic E-state index is -0.966. The lowest BCUT2D eigenvalue weighted by atomic mass is 9.87. The van der Waals surface area contributed by atoms with E-state index in [2.05, 4.69) is 5.32 Å². The summed E-state index contributed by atoms with van der Waals surface area (Å²) in [4.78, 5) is 22.5. The van der Waals surface area contributed by atoms with Crippen LogP contribution in [0.2, 0.25) is 0 Å². The predicted octanol–water partition coefficient (Wildman–Crippen LogP) is 3.17. The van der Waals surface area contributed by atoms with Crippen molar-refractivity contribution < 1.29 is 19.4 Å². The minimum absolute atomic E-state index is 0.0380. The van der Waals surface area contributed by atoms with Crippen molar-refractivity contribution >= 4 is 18.1 Å². The molecule has 23 heavy (non-hydrogen) atoms. The lowest BCUT2D eigenvalue weighted by Gasteiger charge is -2.27. The number of carbonyl (C=O) groups is 2. The summed E-state index contributed by atoms with van der Waals surface area (Å²) in [6.45, 7) is 5.51. The molecular weight excluding hydrogens is 294 g/mol. The van der Waals surface area contributed by atoms with Crippen LogP contribution in [0.25, 0.3) is 6.08 Å². The zero-order valence-electron chi connectivity index (χ0n) is 13.8. The fraction of sp³-hybridized carbons (Fsp3) is 0.444. The van der Waals surface area contributed by atoms with Crippen LogP contribution in [0.3, 0.4) is 0 Å². The number of aliphatic carboxylic acids is 1. The van der Waals surface area contributed by atoms with Gasteiger partial charge in [0.1, 0.15) is 5.60 Å². The van der Waals surface area contributed by atoms with Crippen LogP contribution in [0.1, 0.15) is 43.9 Å². The molecule has 0 heterocycles. The number of nitrogens with one attached hydrogen (secondary N) is 1. The molecule has 0 aliphatic heterocycles. The SMILES string of the molecule is CC(C)(C)OC(=O)N[C@H]1CCc2ccc(C=CC(=O)O)cc2C1. The number of carboxylic acid groups (broad SMARTS) is 1. The molecule has 5 heteroatoms. The molecule has 5 nitrogen and oxygen atoms in total. The monoisotopic (exact) mass is 317 g/mol. The second-order valence-corrected chi connectivity index (χ2v) is 6.79. The Hall–Kier alpha value is -2.30. The number of fused-ring (bicyclic) bond motifs is 1. The van der Waals surface area contributed by atoms with Gasteiger partial charge in [-0.3, -0.25) is 0 Å². The third-order valence-electron chi connectivity index (χ3n) is 3.60. The van der Waals surface area contributed by atoms with E-state index in [1.807, 2.05) is 39.0 Å². The first kappa shape index (κ1) is 17.1. The van der Waals surface area contributed by atoms with Gasteiger partial charge in [0.2, 0.25) is 0 Å². The van der Waals surface area contributed by atoms with Crippen LogP contribution < -0.4 is 5.32 Å². The first-order chi connectivity index (χ1) is 10.7. The number of amides is 1. The highest BCUT2D eigenvalue weighted by molar-refractivity contribution is 5.85. The molecule has 0 bridgehead atoms. The minimum Gasteiger partial charge on any atom is -0.478 e. The second-order valence-electron chi connectivity index (χ2n) is 6.79. The zero-order chi connectivity index (χ0) is 17.0. The number of carboxylic acids is 1. The molecule has 0 radical (unpaired) electrons. The molecule has 1 amide bonds. The van der Waals surface area contributed by atoms with E-state index in [4.69, 9.17) is 9.84 Å². The van der Waals surface area contributed by atoms with Crippen LogP contribution in [0.4, 0.5) is 4.79 Å². The third-order valence-corrected chi connectivity index (χ3v) is 3.60. The van der Waals surface area contributed by atoms with Crippen molar-refractivity contribution in [1.82, 2.24) is 5.32 Å². The lowest BCUT2D eigenvalue weighted by molar-refractivity contribution is -0.131. The molecule has 2 N–H and O–H groups in total. The summed E-state index contributed by atoms with van der Waals surface area (Å²) in [5.41, 5.74) is 2.74. The molecule has 1 atom stereocenters. The summed E-state index contributed by atoms with van der Waals surface area (Å²) >= 11 is 0. The van der Waals surface area contributed by atoms with E-state index in [0.717, 1.165) is 36.5 Å². The van der Waals surface area contributed by atoms with Crippen LogP contribution >= 0.6 is 0 Å². The fourth-order valence-electron chi connectivity index (χ4n) is 2.65. The summed E-state index contributed by atoms with van der Waals surface area (Å²) in [6.07, 6.45) is 4.79. The van der Waals surface area contributed by atoms with Crippen molar-refractivity contribution in [2.75, 3.05) is 0 Å². The van der Waals surface area contributed by atoms with Gasteiger partial charge < -0.3 is 15.2 Å². The Balaban J connectivity index is 2.03. The van der Waals surface area contributed by atoms with Gasteiger partial charge in [0, 0.05) is 12.1 Å². The third kappa shape index (κ3) is 5.43. The Kier molecular flexibility index (Phi) is 5.08. The molecule has 2 rings (SSSR count). The average Bonchev–Trinajstić information content (AvgIpc) is 2.42. The quantitative estimate of drug-likeness (QED) is 0.840. The van der Waals surface area contributed by atoms with E-state index in [1.54, 1.807) is 6.08 Å². The molecule has 0 saturated carbocycles. The molecule has 0 fully saturated rings. The van der Waals surface area contributed by atoms with Gasteiger partial charge in [0.25, 0.3) is 0 Å². The number of aryl methyl sites for hydroxylation is 1. The van der Waals surface area contributed by atoms with Crippen LogP contribution in [0, 0.1) is 0 Å². The summed E-state index contributed by atoms with van der Waals surface area (Å²) in [7, 11) is 0. The summed E-state index contributed by atoms with van der Waals surface area (Å²) in [5.74, 6) is -0.966. The first-order valence-corrected chi connectivity index (χ1v) is 7.75. The maximum atomic E-state index is 11.9. The standard InChI is InChI=1S/C18H23NO4/c1-18(2,3)23-17(22)19-15-8-7-13-6-4-12(5-9-16(20)21)10-14(13)11-15/h4-6,9-10,15H,7-8,11H2,1-3H3,(H,19,22)(H,20,21)/t15-/m0/s1. The van der Waals surface area contributed by atoms with Crippen LogP contribution in [-0.2, 0) is 22.4 Å². The van der Waals surface area contributed by atoms with Gasteiger partial charge in [0.15, 0.2) is 0 Å². The Morgan fingerprint density at radius 3 is 2.70 bits per heavy atom. The molecule has 0 spiro atoms. The maximum Gasteiger partial charge on any atom is 0.407 e. The topological polar surface area (TPSA) is 75.6 Å². The first-order valence-electron chi connectivity index (χ1n) is 7.75. The van der Waals surface area contributed by atoms with E-state index in [0.29, 0.717) is 0 Å². The van der Waals surface area contributed by atoms with Gasteiger partial charge in [-0.2, -0.15) is 0 Å². The Morgan fingerprint density at radius 2 is 2.04 bits per heavy atom. The summed E-state index contributed by atoms with van der Waals surface area (Å²) in [5, 5.41) is 11.6. The molecule has 0 unspecified atom stereocenters. The van der Waals surface area contributed by atoms with Crippen molar-refractivity contribution in [3.8, 4) is 0 Å². The normalized spacial score (nSPS) is 17.6. The second kappa shape index (κ2) is 6.86. The predicted molar refractivity (Wildman–Crippen MR) is 88.3 cm³/mol. The van der Waals surface area contributed by atoms with Gasteiger partial charge in [0.05, 0.1) is 0 Å². The number of alkyl carbamates (subject to hydrolysis) is 1. The number of rotatable bonds is 3.